The molecule has 1 saturated carbocycles. The molecule has 0 spiro atoms. The van der Waals surface area contributed by atoms with Gasteiger partial charge in [-0.25, -0.2) is 9.97 Å². The van der Waals surface area contributed by atoms with Crippen molar-refractivity contribution in [2.24, 2.45) is 5.73 Å². The number of rotatable bonds is 5. The van der Waals surface area contributed by atoms with Gasteiger partial charge in [-0.1, -0.05) is 11.6 Å². The number of aromatic nitrogens is 4. The van der Waals surface area contributed by atoms with Crippen LogP contribution < -0.4 is 11.1 Å². The van der Waals surface area contributed by atoms with E-state index in [1.165, 1.54) is 12.8 Å². The smallest absolute Gasteiger partial charge is 0.171 e. The first-order valence-electron chi connectivity index (χ1n) is 7.37. The van der Waals surface area contributed by atoms with Crippen LogP contribution in [0.3, 0.4) is 0 Å². The van der Waals surface area contributed by atoms with Crippen LogP contribution in [0.15, 0.2) is 24.4 Å². The third-order valence-electron chi connectivity index (χ3n) is 3.67. The lowest BCUT2D eigenvalue weighted by Gasteiger charge is -2.06. The number of aromatic amines is 1. The summed E-state index contributed by atoms with van der Waals surface area (Å²) in [6, 6.07) is 5.97. The SMILES string of the molecule is Cl.NCc1ccc(-c2ncc(Cl)c(Nc3cc(C4CC4)n[nH]3)n2)s1. The highest BCUT2D eigenvalue weighted by atomic mass is 35.5. The lowest BCUT2D eigenvalue weighted by atomic mass is 10.3. The van der Waals surface area contributed by atoms with Crippen LogP contribution in [0.2, 0.25) is 5.02 Å². The van der Waals surface area contributed by atoms with Gasteiger partial charge in [0.25, 0.3) is 0 Å². The van der Waals surface area contributed by atoms with Crippen molar-refractivity contribution < 1.29 is 0 Å². The Labute approximate surface area is 154 Å². The predicted octanol–water partition coefficient (Wildman–Crippen LogP) is 4.08. The van der Waals surface area contributed by atoms with Crippen LogP contribution >= 0.6 is 35.3 Å². The van der Waals surface area contributed by atoms with E-state index in [4.69, 9.17) is 17.3 Å². The highest BCUT2D eigenvalue weighted by Gasteiger charge is 2.26. The Morgan fingerprint density at radius 2 is 2.21 bits per heavy atom. The summed E-state index contributed by atoms with van der Waals surface area (Å²) in [5.74, 6) is 2.57. The van der Waals surface area contributed by atoms with E-state index < -0.39 is 0 Å². The molecule has 24 heavy (non-hydrogen) atoms. The maximum atomic E-state index is 6.21. The maximum absolute atomic E-state index is 6.21. The molecular weight excluding hydrogens is 367 g/mol. The van der Waals surface area contributed by atoms with Crippen LogP contribution in [0, 0.1) is 0 Å². The molecule has 1 aliphatic rings. The van der Waals surface area contributed by atoms with Crippen LogP contribution in [-0.2, 0) is 6.54 Å². The molecule has 0 saturated heterocycles. The average Bonchev–Trinajstić information content (AvgIpc) is 3.11. The quantitative estimate of drug-likeness (QED) is 0.617. The average molecular weight is 383 g/mol. The predicted molar refractivity (Wildman–Crippen MR) is 99.3 cm³/mol. The van der Waals surface area contributed by atoms with Crippen LogP contribution in [-0.4, -0.2) is 20.2 Å². The Balaban J connectivity index is 0.00000169. The standard InChI is InChI=1S/C15H15ClN6S.ClH/c16-10-7-18-15(12-4-3-9(6-17)23-12)20-14(10)19-13-5-11(21-22-13)8-1-2-8;/h3-5,7-8H,1-2,6,17H2,(H2,18,19,20,21,22);1H. The zero-order chi connectivity index (χ0) is 15.8. The van der Waals surface area contributed by atoms with Crippen LogP contribution in [0.5, 0.6) is 0 Å². The summed E-state index contributed by atoms with van der Waals surface area (Å²) < 4.78 is 0. The fourth-order valence-corrected chi connectivity index (χ4v) is 3.26. The lowest BCUT2D eigenvalue weighted by molar-refractivity contribution is 0.966. The Bertz CT molecular complexity index is 842. The molecule has 1 fully saturated rings. The van der Waals surface area contributed by atoms with Gasteiger partial charge in [0.15, 0.2) is 11.6 Å². The Morgan fingerprint density at radius 3 is 2.92 bits per heavy atom. The van der Waals surface area contributed by atoms with Crippen molar-refractivity contribution in [2.45, 2.75) is 25.3 Å². The number of anilines is 2. The number of halogens is 2. The van der Waals surface area contributed by atoms with E-state index >= 15 is 0 Å². The van der Waals surface area contributed by atoms with E-state index in [-0.39, 0.29) is 12.4 Å². The van der Waals surface area contributed by atoms with Gasteiger partial charge in [-0.15, -0.1) is 23.7 Å². The van der Waals surface area contributed by atoms with Crippen molar-refractivity contribution >= 4 is 47.0 Å². The molecule has 0 amide bonds. The van der Waals surface area contributed by atoms with Gasteiger partial charge >= 0.3 is 0 Å². The first-order chi connectivity index (χ1) is 11.2. The van der Waals surface area contributed by atoms with E-state index in [1.807, 2.05) is 18.2 Å². The summed E-state index contributed by atoms with van der Waals surface area (Å²) in [6.45, 7) is 0.515. The van der Waals surface area contributed by atoms with Crippen molar-refractivity contribution in [2.75, 3.05) is 5.32 Å². The van der Waals surface area contributed by atoms with E-state index in [0.29, 0.717) is 29.1 Å². The molecule has 3 heterocycles. The topological polar surface area (TPSA) is 92.5 Å². The monoisotopic (exact) mass is 382 g/mol. The molecule has 0 atom stereocenters. The third kappa shape index (κ3) is 3.54. The van der Waals surface area contributed by atoms with Crippen LogP contribution in [0.1, 0.15) is 29.3 Å². The normalized spacial score (nSPS) is 13.6. The van der Waals surface area contributed by atoms with Crippen molar-refractivity contribution in [3.63, 3.8) is 0 Å². The summed E-state index contributed by atoms with van der Waals surface area (Å²) in [4.78, 5) is 10.9. The number of nitrogens with zero attached hydrogens (tertiary/aromatic N) is 3. The van der Waals surface area contributed by atoms with Gasteiger partial charge in [0, 0.05) is 23.4 Å². The molecule has 3 aromatic rings. The number of hydrogen-bond acceptors (Lipinski definition) is 6. The number of H-pyrrole nitrogens is 1. The minimum Gasteiger partial charge on any atom is -0.326 e. The molecule has 9 heteroatoms. The van der Waals surface area contributed by atoms with Gasteiger partial charge in [-0.2, -0.15) is 5.10 Å². The van der Waals surface area contributed by atoms with Crippen molar-refractivity contribution in [1.29, 1.82) is 0 Å². The van der Waals surface area contributed by atoms with Gasteiger partial charge in [0.05, 0.1) is 16.8 Å². The molecule has 4 rings (SSSR count). The van der Waals surface area contributed by atoms with Crippen LogP contribution in [0.4, 0.5) is 11.6 Å². The molecular formula is C15H16Cl2N6S. The van der Waals surface area contributed by atoms with E-state index in [0.717, 1.165) is 21.3 Å². The Kier molecular flexibility index (Phi) is 5.05. The van der Waals surface area contributed by atoms with Gasteiger partial charge in [-0.3, -0.25) is 5.10 Å². The third-order valence-corrected chi connectivity index (χ3v) is 5.05. The molecule has 6 nitrogen and oxygen atoms in total. The minimum absolute atomic E-state index is 0. The van der Waals surface area contributed by atoms with Crippen molar-refractivity contribution in [1.82, 2.24) is 20.2 Å². The lowest BCUT2D eigenvalue weighted by Crippen LogP contribution is -1.98. The summed E-state index contributed by atoms with van der Waals surface area (Å²) in [5.41, 5.74) is 6.74. The Morgan fingerprint density at radius 1 is 1.38 bits per heavy atom. The molecule has 4 N–H and O–H groups in total. The van der Waals surface area contributed by atoms with E-state index in [9.17, 15) is 0 Å². The first kappa shape index (κ1) is 17.2. The second-order valence-corrected chi connectivity index (χ2v) is 7.04. The van der Waals surface area contributed by atoms with Gasteiger partial charge < -0.3 is 11.1 Å². The molecule has 3 aromatic heterocycles. The summed E-state index contributed by atoms with van der Waals surface area (Å²) in [6.07, 6.45) is 4.03. The molecule has 126 valence electrons. The zero-order valence-electron chi connectivity index (χ0n) is 12.6. The van der Waals surface area contributed by atoms with E-state index in [1.54, 1.807) is 17.5 Å². The molecule has 0 bridgehead atoms. The number of nitrogens with one attached hydrogen (secondary N) is 2. The fraction of sp³-hybridized carbons (Fsp3) is 0.267. The molecule has 1 aliphatic carbocycles. The second-order valence-electron chi connectivity index (χ2n) is 5.47. The number of hydrogen-bond donors (Lipinski definition) is 3. The minimum atomic E-state index is 0. The zero-order valence-corrected chi connectivity index (χ0v) is 15.0. The summed E-state index contributed by atoms with van der Waals surface area (Å²) in [5, 5.41) is 10.9. The summed E-state index contributed by atoms with van der Waals surface area (Å²) in [7, 11) is 0. The number of thiophene rings is 1. The van der Waals surface area contributed by atoms with Gasteiger partial charge in [-0.05, 0) is 25.0 Å². The summed E-state index contributed by atoms with van der Waals surface area (Å²) >= 11 is 7.79. The highest BCUT2D eigenvalue weighted by Crippen LogP contribution is 2.40. The first-order valence-corrected chi connectivity index (χ1v) is 8.56. The van der Waals surface area contributed by atoms with Gasteiger partial charge in [0.2, 0.25) is 0 Å². The Hall–Kier alpha value is -1.67. The fourth-order valence-electron chi connectivity index (χ4n) is 2.30. The maximum Gasteiger partial charge on any atom is 0.171 e. The largest absolute Gasteiger partial charge is 0.326 e. The molecule has 0 aliphatic heterocycles. The van der Waals surface area contributed by atoms with Crippen LogP contribution in [0.25, 0.3) is 10.7 Å². The second kappa shape index (κ2) is 7.06. The number of nitrogens with two attached hydrogens (primary N) is 1. The van der Waals surface area contributed by atoms with Crippen molar-refractivity contribution in [3.8, 4) is 10.7 Å². The molecule has 0 aromatic carbocycles. The van der Waals surface area contributed by atoms with E-state index in [2.05, 4.69) is 25.5 Å². The van der Waals surface area contributed by atoms with Gasteiger partial charge in [0.1, 0.15) is 10.8 Å². The van der Waals surface area contributed by atoms with Crippen molar-refractivity contribution in [3.05, 3.63) is 40.0 Å². The highest BCUT2D eigenvalue weighted by molar-refractivity contribution is 7.15. The molecule has 0 radical (unpaired) electrons. The molecule has 0 unspecified atom stereocenters.